The van der Waals surface area contributed by atoms with E-state index in [-0.39, 0.29) is 6.61 Å². The molecule has 0 radical (unpaired) electrons. The van der Waals surface area contributed by atoms with Crippen LogP contribution in [0, 0.1) is 0 Å². The molecule has 6 heteroatoms. The van der Waals surface area contributed by atoms with Crippen molar-refractivity contribution in [2.75, 3.05) is 26.2 Å². The fourth-order valence-electron chi connectivity index (χ4n) is 2.73. The second-order valence-corrected chi connectivity index (χ2v) is 7.05. The number of hydrogen-bond acceptors (Lipinski definition) is 6. The molecule has 1 aliphatic heterocycles. The molecular formula is C15H21N3OS2. The number of aliphatic hydroxyl groups excluding tert-OH is 1. The average Bonchev–Trinajstić information content (AvgIpc) is 3.21. The molecule has 0 aromatic carbocycles. The van der Waals surface area contributed by atoms with E-state index in [2.05, 4.69) is 32.4 Å². The molecule has 21 heavy (non-hydrogen) atoms. The van der Waals surface area contributed by atoms with E-state index in [0.717, 1.165) is 30.3 Å². The summed E-state index contributed by atoms with van der Waals surface area (Å²) in [6, 6.07) is 2.67. The minimum atomic E-state index is 0.203. The van der Waals surface area contributed by atoms with Crippen LogP contribution in [-0.4, -0.2) is 47.3 Å². The van der Waals surface area contributed by atoms with Crippen LogP contribution in [0.2, 0.25) is 0 Å². The summed E-state index contributed by atoms with van der Waals surface area (Å²) in [5.41, 5.74) is 2.31. The Kier molecular flexibility index (Phi) is 5.38. The van der Waals surface area contributed by atoms with E-state index in [9.17, 15) is 5.11 Å². The van der Waals surface area contributed by atoms with E-state index in [1.54, 1.807) is 22.7 Å². The van der Waals surface area contributed by atoms with Gasteiger partial charge in [-0.15, -0.1) is 11.3 Å². The molecule has 4 nitrogen and oxygen atoms in total. The lowest BCUT2D eigenvalue weighted by molar-refractivity contribution is 0.178. The van der Waals surface area contributed by atoms with E-state index in [0.29, 0.717) is 12.6 Å². The summed E-state index contributed by atoms with van der Waals surface area (Å²) in [5.74, 6) is 0. The molecule has 2 N–H and O–H groups in total. The second kappa shape index (κ2) is 7.47. The van der Waals surface area contributed by atoms with E-state index < -0.39 is 0 Å². The molecule has 0 saturated carbocycles. The largest absolute Gasteiger partial charge is 0.395 e. The molecule has 114 valence electrons. The van der Waals surface area contributed by atoms with Crippen LogP contribution in [0.15, 0.2) is 22.2 Å². The van der Waals surface area contributed by atoms with Crippen molar-refractivity contribution in [3.05, 3.63) is 27.9 Å². The Bertz CT molecular complexity index is 535. The molecule has 0 amide bonds. The zero-order chi connectivity index (χ0) is 14.5. The summed E-state index contributed by atoms with van der Waals surface area (Å²) < 4.78 is 0. The molecule has 0 bridgehead atoms. The van der Waals surface area contributed by atoms with Crippen molar-refractivity contribution in [3.8, 4) is 10.6 Å². The normalized spacial score (nSPS) is 18.7. The van der Waals surface area contributed by atoms with Crippen LogP contribution in [-0.2, 0) is 6.54 Å². The third-order valence-electron chi connectivity index (χ3n) is 3.76. The van der Waals surface area contributed by atoms with E-state index in [4.69, 9.17) is 4.98 Å². The van der Waals surface area contributed by atoms with Gasteiger partial charge < -0.3 is 10.4 Å². The number of nitrogens with zero attached hydrogens (tertiary/aromatic N) is 2. The van der Waals surface area contributed by atoms with Crippen LogP contribution < -0.4 is 5.32 Å². The maximum Gasteiger partial charge on any atom is 0.124 e. The Morgan fingerprint density at radius 1 is 1.43 bits per heavy atom. The molecule has 2 aromatic heterocycles. The molecule has 0 spiro atoms. The van der Waals surface area contributed by atoms with Gasteiger partial charge in [-0.1, -0.05) is 0 Å². The fraction of sp³-hybridized carbons (Fsp3) is 0.533. The Morgan fingerprint density at radius 3 is 3.10 bits per heavy atom. The topological polar surface area (TPSA) is 48.4 Å². The van der Waals surface area contributed by atoms with E-state index in [1.165, 1.54) is 18.4 Å². The van der Waals surface area contributed by atoms with Crippen molar-refractivity contribution in [1.29, 1.82) is 0 Å². The van der Waals surface area contributed by atoms with E-state index >= 15 is 0 Å². The molecule has 1 fully saturated rings. The lowest BCUT2D eigenvalue weighted by Crippen LogP contribution is -2.38. The fourth-order valence-corrected chi connectivity index (χ4v) is 4.25. The minimum absolute atomic E-state index is 0.203. The molecule has 2 aromatic rings. The molecule has 3 rings (SSSR count). The highest BCUT2D eigenvalue weighted by Gasteiger charge is 2.18. The zero-order valence-corrected chi connectivity index (χ0v) is 13.6. The van der Waals surface area contributed by atoms with Gasteiger partial charge in [-0.25, -0.2) is 4.98 Å². The van der Waals surface area contributed by atoms with Gasteiger partial charge >= 0.3 is 0 Å². The maximum atomic E-state index is 9.27. The van der Waals surface area contributed by atoms with Crippen LogP contribution in [0.1, 0.15) is 18.5 Å². The van der Waals surface area contributed by atoms with Crippen molar-refractivity contribution in [2.45, 2.75) is 25.4 Å². The molecule has 1 atom stereocenters. The van der Waals surface area contributed by atoms with Gasteiger partial charge in [-0.2, -0.15) is 11.3 Å². The predicted molar refractivity (Wildman–Crippen MR) is 88.8 cm³/mol. The zero-order valence-electron chi connectivity index (χ0n) is 12.0. The molecule has 0 aliphatic carbocycles. The standard InChI is InChI=1S/C15H21N3OS2/c19-6-5-18(8-13-2-1-4-16-13)9-14-11-21-15(17-14)12-3-7-20-10-12/h3,7,10-11,13,16,19H,1-2,4-6,8-9H2. The number of aromatic nitrogens is 1. The highest BCUT2D eigenvalue weighted by Crippen LogP contribution is 2.26. The molecule has 1 saturated heterocycles. The van der Waals surface area contributed by atoms with Gasteiger partial charge in [-0.05, 0) is 30.8 Å². The highest BCUT2D eigenvalue weighted by molar-refractivity contribution is 7.14. The first-order chi connectivity index (χ1) is 10.3. The van der Waals surface area contributed by atoms with Crippen molar-refractivity contribution < 1.29 is 5.11 Å². The number of aliphatic hydroxyl groups is 1. The van der Waals surface area contributed by atoms with Crippen LogP contribution in [0.25, 0.3) is 10.6 Å². The van der Waals surface area contributed by atoms with E-state index in [1.807, 2.05) is 0 Å². The van der Waals surface area contributed by atoms with Gasteiger partial charge in [0.15, 0.2) is 0 Å². The van der Waals surface area contributed by atoms with Crippen LogP contribution >= 0.6 is 22.7 Å². The highest BCUT2D eigenvalue weighted by atomic mass is 32.1. The second-order valence-electron chi connectivity index (χ2n) is 5.41. The number of hydrogen-bond donors (Lipinski definition) is 2. The van der Waals surface area contributed by atoms with Gasteiger partial charge in [-0.3, -0.25) is 4.90 Å². The average molecular weight is 323 g/mol. The number of rotatable bonds is 7. The molecular weight excluding hydrogens is 302 g/mol. The summed E-state index contributed by atoms with van der Waals surface area (Å²) in [6.45, 7) is 3.85. The Hall–Kier alpha value is -0.790. The summed E-state index contributed by atoms with van der Waals surface area (Å²) >= 11 is 3.40. The summed E-state index contributed by atoms with van der Waals surface area (Å²) in [7, 11) is 0. The van der Waals surface area contributed by atoms with Crippen molar-refractivity contribution >= 4 is 22.7 Å². The Morgan fingerprint density at radius 2 is 2.38 bits per heavy atom. The number of thiophene rings is 1. The molecule has 3 heterocycles. The monoisotopic (exact) mass is 323 g/mol. The molecule has 1 aliphatic rings. The number of thiazole rings is 1. The van der Waals surface area contributed by atoms with Crippen molar-refractivity contribution in [2.24, 2.45) is 0 Å². The minimum Gasteiger partial charge on any atom is -0.395 e. The first-order valence-corrected chi connectivity index (χ1v) is 9.21. The van der Waals surface area contributed by atoms with Crippen LogP contribution in [0.4, 0.5) is 0 Å². The smallest absolute Gasteiger partial charge is 0.124 e. The van der Waals surface area contributed by atoms with Gasteiger partial charge in [0.1, 0.15) is 5.01 Å². The van der Waals surface area contributed by atoms with Gasteiger partial charge in [0.2, 0.25) is 0 Å². The number of nitrogens with one attached hydrogen (secondary N) is 1. The van der Waals surface area contributed by atoms with Crippen molar-refractivity contribution in [3.63, 3.8) is 0 Å². The van der Waals surface area contributed by atoms with Gasteiger partial charge in [0.25, 0.3) is 0 Å². The molecule has 1 unspecified atom stereocenters. The summed E-state index contributed by atoms with van der Waals surface area (Å²) in [4.78, 5) is 7.03. The Balaban J connectivity index is 1.62. The maximum absolute atomic E-state index is 9.27. The van der Waals surface area contributed by atoms with Crippen LogP contribution in [0.5, 0.6) is 0 Å². The van der Waals surface area contributed by atoms with Gasteiger partial charge in [0.05, 0.1) is 12.3 Å². The first kappa shape index (κ1) is 15.1. The third kappa shape index (κ3) is 4.11. The SMILES string of the molecule is OCCN(Cc1csc(-c2ccsc2)n1)CC1CCCN1. The first-order valence-electron chi connectivity index (χ1n) is 7.38. The van der Waals surface area contributed by atoms with Gasteiger partial charge in [0, 0.05) is 42.0 Å². The lowest BCUT2D eigenvalue weighted by atomic mass is 10.2. The third-order valence-corrected chi connectivity index (χ3v) is 5.39. The quantitative estimate of drug-likeness (QED) is 0.821. The Labute approximate surface area is 133 Å². The lowest BCUT2D eigenvalue weighted by Gasteiger charge is -2.24. The summed E-state index contributed by atoms with van der Waals surface area (Å²) in [5, 5.41) is 20.2. The van der Waals surface area contributed by atoms with Crippen molar-refractivity contribution in [1.82, 2.24) is 15.2 Å². The predicted octanol–water partition coefficient (Wildman–Crippen LogP) is 2.42. The summed E-state index contributed by atoms with van der Waals surface area (Å²) in [6.07, 6.45) is 2.50. The van der Waals surface area contributed by atoms with Crippen LogP contribution in [0.3, 0.4) is 0 Å².